The van der Waals surface area contributed by atoms with Crippen molar-refractivity contribution in [2.45, 2.75) is 38.0 Å². The monoisotopic (exact) mass is 512 g/mol. The lowest BCUT2D eigenvalue weighted by atomic mass is 10.2. The molecule has 1 aromatic heterocycles. The molecule has 0 N–H and O–H groups in total. The maximum atomic E-state index is 13.5. The van der Waals surface area contributed by atoms with Crippen LogP contribution in [0.5, 0.6) is 5.75 Å². The highest BCUT2D eigenvalue weighted by molar-refractivity contribution is 7.99. The number of piperazine rings is 1. The molecule has 2 aliphatic rings. The van der Waals surface area contributed by atoms with Crippen LogP contribution in [0.2, 0.25) is 5.02 Å². The van der Waals surface area contributed by atoms with E-state index >= 15 is 0 Å². The number of halogens is 1. The highest BCUT2D eigenvalue weighted by Crippen LogP contribution is 2.30. The summed E-state index contributed by atoms with van der Waals surface area (Å²) in [5.41, 5.74) is 0.833. The number of hydrogen-bond donors (Lipinski definition) is 0. The molecule has 2 aromatic rings. The molecule has 8 nitrogen and oxygen atoms in total. The summed E-state index contributed by atoms with van der Waals surface area (Å²) in [5, 5.41) is 4.45. The molecule has 0 radical (unpaired) electrons. The van der Waals surface area contributed by atoms with Crippen molar-refractivity contribution in [2.24, 2.45) is 0 Å². The van der Waals surface area contributed by atoms with Crippen LogP contribution in [0, 0.1) is 0 Å². The molecule has 2 fully saturated rings. The maximum absolute atomic E-state index is 13.5. The average Bonchev–Trinajstić information content (AvgIpc) is 2.81. The molecular formula is C22H29ClN4O4S2. The third kappa shape index (κ3) is 5.34. The first-order valence-corrected chi connectivity index (χ1v) is 14.2. The summed E-state index contributed by atoms with van der Waals surface area (Å²) in [6.07, 6.45) is 3.37. The predicted octanol–water partition coefficient (Wildman–Crippen LogP) is 3.02. The van der Waals surface area contributed by atoms with Crippen LogP contribution in [0.3, 0.4) is 0 Å². The van der Waals surface area contributed by atoms with Crippen LogP contribution < -0.4 is 15.2 Å². The molecule has 0 bridgehead atoms. The van der Waals surface area contributed by atoms with Crippen LogP contribution >= 0.6 is 23.4 Å². The minimum Gasteiger partial charge on any atom is -0.483 e. The van der Waals surface area contributed by atoms with Crippen LogP contribution in [-0.4, -0.2) is 71.5 Å². The van der Waals surface area contributed by atoms with E-state index in [1.165, 1.54) is 8.99 Å². The van der Waals surface area contributed by atoms with E-state index in [1.54, 1.807) is 44.3 Å². The standard InChI is InChI=1S/C22H29ClN4O4S2/c1-16(2)33(29,30)26-10-8-25(9-11-26)20-15-24-27(18-5-3-4-17(23)14-18)22(28)21(20)31-19-6-12-32-13-7-19/h3-5,14-16,19H,6-13H2,1-2H3. The van der Waals surface area contributed by atoms with Crippen LogP contribution in [0.1, 0.15) is 26.7 Å². The highest BCUT2D eigenvalue weighted by atomic mass is 35.5. The van der Waals surface area contributed by atoms with Crippen molar-refractivity contribution >= 4 is 39.1 Å². The van der Waals surface area contributed by atoms with E-state index in [1.807, 2.05) is 16.7 Å². The number of sulfonamides is 1. The van der Waals surface area contributed by atoms with E-state index in [2.05, 4.69) is 5.10 Å². The number of thioether (sulfide) groups is 1. The summed E-state index contributed by atoms with van der Waals surface area (Å²) >= 11 is 8.02. The van der Waals surface area contributed by atoms with E-state index in [-0.39, 0.29) is 17.4 Å². The van der Waals surface area contributed by atoms with Gasteiger partial charge < -0.3 is 9.64 Å². The molecule has 0 unspecified atom stereocenters. The van der Waals surface area contributed by atoms with Gasteiger partial charge in [-0.05, 0) is 56.4 Å². The molecule has 180 valence electrons. The summed E-state index contributed by atoms with van der Waals surface area (Å²) in [4.78, 5) is 15.5. The normalized spacial score (nSPS) is 18.6. The third-order valence-electron chi connectivity index (χ3n) is 5.96. The summed E-state index contributed by atoms with van der Waals surface area (Å²) in [5.74, 6) is 2.26. The number of aromatic nitrogens is 2. The third-order valence-corrected chi connectivity index (χ3v) is 9.52. The molecule has 2 aliphatic heterocycles. The summed E-state index contributed by atoms with van der Waals surface area (Å²) in [6.45, 7) is 5.02. The van der Waals surface area contributed by atoms with Crippen molar-refractivity contribution in [2.75, 3.05) is 42.6 Å². The van der Waals surface area contributed by atoms with Gasteiger partial charge in [0.15, 0.2) is 0 Å². The smallest absolute Gasteiger partial charge is 0.316 e. The number of rotatable bonds is 6. The number of hydrogen-bond acceptors (Lipinski definition) is 7. The van der Waals surface area contributed by atoms with Crippen LogP contribution in [0.4, 0.5) is 5.69 Å². The van der Waals surface area contributed by atoms with E-state index in [4.69, 9.17) is 16.3 Å². The Bertz CT molecular complexity index is 1140. The first kappa shape index (κ1) is 24.4. The van der Waals surface area contributed by atoms with Gasteiger partial charge >= 0.3 is 5.56 Å². The van der Waals surface area contributed by atoms with Crippen molar-refractivity contribution in [3.8, 4) is 11.4 Å². The van der Waals surface area contributed by atoms with Crippen molar-refractivity contribution in [1.82, 2.24) is 14.1 Å². The Morgan fingerprint density at radius 3 is 2.48 bits per heavy atom. The first-order chi connectivity index (χ1) is 15.8. The zero-order valence-corrected chi connectivity index (χ0v) is 21.2. The fourth-order valence-corrected chi connectivity index (χ4v) is 6.52. The Morgan fingerprint density at radius 1 is 1.15 bits per heavy atom. The van der Waals surface area contributed by atoms with Crippen molar-refractivity contribution < 1.29 is 13.2 Å². The van der Waals surface area contributed by atoms with Gasteiger partial charge in [-0.3, -0.25) is 4.79 Å². The number of benzene rings is 1. The SMILES string of the molecule is CC(C)S(=O)(=O)N1CCN(c2cnn(-c3cccc(Cl)c3)c(=O)c2OC2CCSCC2)CC1. The summed E-state index contributed by atoms with van der Waals surface area (Å²) < 4.78 is 34.2. The quantitative estimate of drug-likeness (QED) is 0.588. The zero-order valence-electron chi connectivity index (χ0n) is 18.8. The van der Waals surface area contributed by atoms with Gasteiger partial charge in [0.1, 0.15) is 11.8 Å². The van der Waals surface area contributed by atoms with Crippen molar-refractivity contribution in [3.05, 3.63) is 45.8 Å². The lowest BCUT2D eigenvalue weighted by Crippen LogP contribution is -2.50. The molecule has 3 heterocycles. The topological polar surface area (TPSA) is 84.7 Å². The van der Waals surface area contributed by atoms with Gasteiger partial charge in [0.25, 0.3) is 0 Å². The molecular weight excluding hydrogens is 484 g/mol. The molecule has 0 amide bonds. The minimum atomic E-state index is -3.31. The molecule has 2 saturated heterocycles. The minimum absolute atomic E-state index is 0.0319. The Balaban J connectivity index is 1.66. The zero-order chi connectivity index (χ0) is 23.6. The highest BCUT2D eigenvalue weighted by Gasteiger charge is 2.31. The second kappa shape index (κ2) is 10.2. The Labute approximate surface area is 203 Å². The average molecular weight is 513 g/mol. The molecule has 4 rings (SSSR count). The van der Waals surface area contributed by atoms with E-state index in [0.29, 0.717) is 42.6 Å². The van der Waals surface area contributed by atoms with Gasteiger partial charge in [-0.25, -0.2) is 8.42 Å². The van der Waals surface area contributed by atoms with E-state index < -0.39 is 15.3 Å². The molecule has 1 aromatic carbocycles. The molecule has 0 spiro atoms. The number of ether oxygens (including phenoxy) is 1. The molecule has 0 saturated carbocycles. The fourth-order valence-electron chi connectivity index (χ4n) is 4.00. The predicted molar refractivity (Wildman–Crippen MR) is 134 cm³/mol. The second-order valence-corrected chi connectivity index (χ2v) is 12.6. The van der Waals surface area contributed by atoms with Crippen LogP contribution in [0.15, 0.2) is 35.3 Å². The van der Waals surface area contributed by atoms with Crippen LogP contribution in [0.25, 0.3) is 5.69 Å². The van der Waals surface area contributed by atoms with Crippen molar-refractivity contribution in [1.29, 1.82) is 0 Å². The second-order valence-electron chi connectivity index (χ2n) is 8.47. The first-order valence-electron chi connectivity index (χ1n) is 11.1. The fraction of sp³-hybridized carbons (Fsp3) is 0.545. The lowest BCUT2D eigenvalue weighted by Gasteiger charge is -2.36. The van der Waals surface area contributed by atoms with Gasteiger partial charge in [-0.2, -0.15) is 25.8 Å². The lowest BCUT2D eigenvalue weighted by molar-refractivity contribution is 0.188. The summed E-state index contributed by atoms with van der Waals surface area (Å²) in [7, 11) is -3.31. The van der Waals surface area contributed by atoms with Gasteiger partial charge in [-0.15, -0.1) is 0 Å². The van der Waals surface area contributed by atoms with E-state index in [0.717, 1.165) is 24.3 Å². The largest absolute Gasteiger partial charge is 0.483 e. The van der Waals surface area contributed by atoms with Gasteiger partial charge in [-0.1, -0.05) is 17.7 Å². The Morgan fingerprint density at radius 2 is 1.85 bits per heavy atom. The number of nitrogens with zero attached hydrogens (tertiary/aromatic N) is 4. The van der Waals surface area contributed by atoms with Crippen LogP contribution in [-0.2, 0) is 10.0 Å². The van der Waals surface area contributed by atoms with Crippen molar-refractivity contribution in [3.63, 3.8) is 0 Å². The number of anilines is 1. The Kier molecular flexibility index (Phi) is 7.57. The van der Waals surface area contributed by atoms with Gasteiger partial charge in [0.2, 0.25) is 15.8 Å². The Hall–Kier alpha value is -1.75. The molecule has 11 heteroatoms. The summed E-state index contributed by atoms with van der Waals surface area (Å²) in [6, 6.07) is 6.97. The van der Waals surface area contributed by atoms with Gasteiger partial charge in [0, 0.05) is 31.2 Å². The molecule has 0 aliphatic carbocycles. The molecule has 0 atom stereocenters. The maximum Gasteiger partial charge on any atom is 0.316 e. The van der Waals surface area contributed by atoms with Gasteiger partial charge in [0.05, 0.1) is 17.1 Å². The van der Waals surface area contributed by atoms with E-state index in [9.17, 15) is 13.2 Å². The molecule has 33 heavy (non-hydrogen) atoms.